The molecule has 0 unspecified atom stereocenters. The number of hydrogen-bond acceptors (Lipinski definition) is 4. The Morgan fingerprint density at radius 3 is 2.62 bits per heavy atom. The summed E-state index contributed by atoms with van der Waals surface area (Å²) < 4.78 is 19.0. The number of nitrogens with zero attached hydrogens (tertiary/aromatic N) is 2. The third-order valence-electron chi connectivity index (χ3n) is 3.10. The second kappa shape index (κ2) is 6.52. The number of ether oxygens (including phenoxy) is 1. The van der Waals surface area contributed by atoms with Crippen LogP contribution >= 0.6 is 0 Å². The largest absolute Gasteiger partial charge is 0.438 e. The molecule has 21 heavy (non-hydrogen) atoms. The van der Waals surface area contributed by atoms with E-state index in [-0.39, 0.29) is 5.82 Å². The Labute approximate surface area is 124 Å². The number of rotatable bonds is 5. The zero-order valence-corrected chi connectivity index (χ0v) is 12.8. The molecule has 0 aliphatic rings. The number of aromatic nitrogens is 2. The normalized spacial score (nSPS) is 10.5. The molecule has 0 fully saturated rings. The lowest BCUT2D eigenvalue weighted by Gasteiger charge is -2.14. The van der Waals surface area contributed by atoms with Crippen LogP contribution in [0, 0.1) is 26.6 Å². The molecule has 1 aromatic heterocycles. The molecule has 112 valence electrons. The second-order valence-corrected chi connectivity index (χ2v) is 4.99. The van der Waals surface area contributed by atoms with Crippen LogP contribution < -0.4 is 10.1 Å². The molecule has 0 saturated carbocycles. The summed E-state index contributed by atoms with van der Waals surface area (Å²) in [7, 11) is 0. The molecule has 0 radical (unpaired) electrons. The fraction of sp³-hybridized carbons (Fsp3) is 0.375. The van der Waals surface area contributed by atoms with Crippen LogP contribution in [0.2, 0.25) is 0 Å². The molecule has 4 nitrogen and oxygen atoms in total. The topological polar surface area (TPSA) is 47.0 Å². The van der Waals surface area contributed by atoms with Gasteiger partial charge in [0.2, 0.25) is 5.88 Å². The first-order chi connectivity index (χ1) is 10.0. The number of nitrogens with one attached hydrogen (secondary N) is 1. The van der Waals surface area contributed by atoms with Crippen LogP contribution in [0.25, 0.3) is 0 Å². The molecule has 0 bridgehead atoms. The van der Waals surface area contributed by atoms with Crippen LogP contribution in [0.5, 0.6) is 11.6 Å². The van der Waals surface area contributed by atoms with Crippen LogP contribution in [-0.2, 0) is 0 Å². The van der Waals surface area contributed by atoms with Crippen molar-refractivity contribution in [3.05, 3.63) is 41.0 Å². The van der Waals surface area contributed by atoms with Gasteiger partial charge < -0.3 is 10.1 Å². The summed E-state index contributed by atoms with van der Waals surface area (Å²) >= 11 is 0. The van der Waals surface area contributed by atoms with Crippen molar-refractivity contribution in [1.82, 2.24) is 9.97 Å². The highest BCUT2D eigenvalue weighted by Gasteiger charge is 2.12. The van der Waals surface area contributed by atoms with Gasteiger partial charge >= 0.3 is 0 Å². The summed E-state index contributed by atoms with van der Waals surface area (Å²) in [4.78, 5) is 8.72. The van der Waals surface area contributed by atoms with Crippen LogP contribution in [0.3, 0.4) is 0 Å². The Balaban J connectivity index is 2.32. The predicted octanol–water partition coefficient (Wildman–Crippen LogP) is 4.16. The molecular weight excluding hydrogens is 269 g/mol. The van der Waals surface area contributed by atoms with E-state index in [1.165, 1.54) is 12.1 Å². The summed E-state index contributed by atoms with van der Waals surface area (Å²) in [5.41, 5.74) is 1.58. The van der Waals surface area contributed by atoms with Gasteiger partial charge in [-0.2, -0.15) is 4.98 Å². The molecule has 5 heteroatoms. The molecule has 0 spiro atoms. The maximum atomic E-state index is 13.1. The Bertz CT molecular complexity index is 644. The van der Waals surface area contributed by atoms with Crippen molar-refractivity contribution < 1.29 is 9.13 Å². The molecule has 1 heterocycles. The molecule has 1 aromatic carbocycles. The highest BCUT2D eigenvalue weighted by atomic mass is 19.1. The Kier molecular flexibility index (Phi) is 4.73. The van der Waals surface area contributed by atoms with Crippen LogP contribution in [0.15, 0.2) is 18.2 Å². The average molecular weight is 289 g/mol. The highest BCUT2D eigenvalue weighted by Crippen LogP contribution is 2.29. The SMILES string of the molecule is CCCNc1nc(C)nc(Oc2ccc(F)cc2C)c1C. The van der Waals surface area contributed by atoms with Gasteiger partial charge in [0.25, 0.3) is 0 Å². The molecule has 2 aromatic rings. The minimum atomic E-state index is -0.277. The van der Waals surface area contributed by atoms with Crippen molar-refractivity contribution in [2.75, 3.05) is 11.9 Å². The Morgan fingerprint density at radius 2 is 1.95 bits per heavy atom. The first-order valence-electron chi connectivity index (χ1n) is 7.04. The minimum absolute atomic E-state index is 0.277. The first-order valence-corrected chi connectivity index (χ1v) is 7.04. The smallest absolute Gasteiger partial charge is 0.227 e. The van der Waals surface area contributed by atoms with Gasteiger partial charge in [-0.05, 0) is 51.0 Å². The van der Waals surface area contributed by atoms with Crippen LogP contribution in [0.4, 0.5) is 10.2 Å². The average Bonchev–Trinajstić information content (AvgIpc) is 2.43. The van der Waals surface area contributed by atoms with Gasteiger partial charge in [-0.1, -0.05) is 6.92 Å². The number of aryl methyl sites for hydroxylation is 2. The monoisotopic (exact) mass is 289 g/mol. The van der Waals surface area contributed by atoms with Gasteiger partial charge in [-0.3, -0.25) is 0 Å². The van der Waals surface area contributed by atoms with Crippen molar-refractivity contribution in [1.29, 1.82) is 0 Å². The lowest BCUT2D eigenvalue weighted by atomic mass is 10.2. The predicted molar refractivity (Wildman–Crippen MR) is 81.5 cm³/mol. The Morgan fingerprint density at radius 1 is 1.19 bits per heavy atom. The van der Waals surface area contributed by atoms with Gasteiger partial charge in [-0.25, -0.2) is 9.37 Å². The fourth-order valence-electron chi connectivity index (χ4n) is 1.95. The zero-order valence-electron chi connectivity index (χ0n) is 12.8. The molecular formula is C16H20FN3O. The standard InChI is InChI=1S/C16H20FN3O/c1-5-8-18-15-11(3)16(20-12(4)19-15)21-14-7-6-13(17)9-10(14)2/h6-7,9H,5,8H2,1-4H3,(H,18,19,20). The van der Waals surface area contributed by atoms with Crippen molar-refractivity contribution in [2.45, 2.75) is 34.1 Å². The van der Waals surface area contributed by atoms with E-state index in [1.54, 1.807) is 13.0 Å². The first kappa shape index (κ1) is 15.2. The van der Waals surface area contributed by atoms with Crippen LogP contribution in [-0.4, -0.2) is 16.5 Å². The van der Waals surface area contributed by atoms with Gasteiger partial charge in [-0.15, -0.1) is 0 Å². The zero-order chi connectivity index (χ0) is 15.4. The molecule has 0 amide bonds. The highest BCUT2D eigenvalue weighted by molar-refractivity contribution is 5.50. The molecule has 0 aliphatic carbocycles. The van der Waals surface area contributed by atoms with Crippen molar-refractivity contribution >= 4 is 5.82 Å². The quantitative estimate of drug-likeness (QED) is 0.898. The van der Waals surface area contributed by atoms with E-state index in [9.17, 15) is 4.39 Å². The number of hydrogen-bond donors (Lipinski definition) is 1. The summed E-state index contributed by atoms with van der Waals surface area (Å²) in [5, 5.41) is 3.26. The van der Waals surface area contributed by atoms with Crippen molar-refractivity contribution in [3.63, 3.8) is 0 Å². The van der Waals surface area contributed by atoms with E-state index < -0.39 is 0 Å². The third kappa shape index (κ3) is 3.68. The number of benzene rings is 1. The molecule has 0 saturated heterocycles. The van der Waals surface area contributed by atoms with E-state index in [4.69, 9.17) is 4.74 Å². The molecule has 2 rings (SSSR count). The van der Waals surface area contributed by atoms with E-state index in [1.807, 2.05) is 13.8 Å². The van der Waals surface area contributed by atoms with E-state index >= 15 is 0 Å². The van der Waals surface area contributed by atoms with Gasteiger partial charge in [0.15, 0.2) is 0 Å². The van der Waals surface area contributed by atoms with Crippen LogP contribution in [0.1, 0.15) is 30.3 Å². The Hall–Kier alpha value is -2.17. The molecule has 1 N–H and O–H groups in total. The van der Waals surface area contributed by atoms with E-state index in [0.29, 0.717) is 17.5 Å². The van der Waals surface area contributed by atoms with E-state index in [2.05, 4.69) is 22.2 Å². The van der Waals surface area contributed by atoms with Crippen molar-refractivity contribution in [2.24, 2.45) is 0 Å². The lowest BCUT2D eigenvalue weighted by molar-refractivity contribution is 0.451. The summed E-state index contributed by atoms with van der Waals surface area (Å²) in [5.74, 6) is 2.23. The molecule has 0 atom stereocenters. The molecule has 0 aliphatic heterocycles. The maximum absolute atomic E-state index is 13.1. The van der Waals surface area contributed by atoms with Crippen molar-refractivity contribution in [3.8, 4) is 11.6 Å². The number of anilines is 1. The summed E-state index contributed by atoms with van der Waals surface area (Å²) in [6, 6.07) is 4.43. The summed E-state index contributed by atoms with van der Waals surface area (Å²) in [6.45, 7) is 8.46. The van der Waals surface area contributed by atoms with Gasteiger partial charge in [0.1, 0.15) is 23.2 Å². The third-order valence-corrected chi connectivity index (χ3v) is 3.10. The number of halogens is 1. The van der Waals surface area contributed by atoms with Gasteiger partial charge in [0, 0.05) is 6.54 Å². The fourth-order valence-corrected chi connectivity index (χ4v) is 1.95. The lowest BCUT2D eigenvalue weighted by Crippen LogP contribution is -2.07. The summed E-state index contributed by atoms with van der Waals surface area (Å²) in [6.07, 6.45) is 1.01. The minimum Gasteiger partial charge on any atom is -0.438 e. The van der Waals surface area contributed by atoms with Gasteiger partial charge in [0.05, 0.1) is 5.56 Å². The second-order valence-electron chi connectivity index (χ2n) is 4.99. The van der Waals surface area contributed by atoms with E-state index in [0.717, 1.165) is 29.9 Å². The maximum Gasteiger partial charge on any atom is 0.227 e.